The third kappa shape index (κ3) is 4.51. The van der Waals surface area contributed by atoms with E-state index < -0.39 is 18.5 Å². The fourth-order valence-corrected chi connectivity index (χ4v) is 4.03. The number of alkyl halides is 2. The summed E-state index contributed by atoms with van der Waals surface area (Å²) in [5, 5.41) is 5.14. The summed E-state index contributed by atoms with van der Waals surface area (Å²) in [6, 6.07) is 9.51. The number of fused-ring (bicyclic) bond motifs is 1. The molecule has 2 N–H and O–H groups in total. The predicted octanol–water partition coefficient (Wildman–Crippen LogP) is 3.59. The van der Waals surface area contributed by atoms with Crippen LogP contribution in [0.25, 0.3) is 0 Å². The summed E-state index contributed by atoms with van der Waals surface area (Å²) in [4.78, 5) is 50.2. The topological polar surface area (TPSA) is 95.6 Å². The molecule has 1 aliphatic heterocycles. The molecule has 0 saturated heterocycles. The molecule has 32 heavy (non-hydrogen) atoms. The number of amides is 3. The third-order valence-corrected chi connectivity index (χ3v) is 5.67. The number of hydrogen-bond acceptors (Lipinski definition) is 4. The Kier molecular flexibility index (Phi) is 5.98. The second-order valence-corrected chi connectivity index (χ2v) is 7.89. The highest BCUT2D eigenvalue weighted by atomic mass is 19.3. The van der Waals surface area contributed by atoms with Gasteiger partial charge >= 0.3 is 6.03 Å². The maximum Gasteiger partial charge on any atom is 0.319 e. The molecule has 1 unspecified atom stereocenters. The van der Waals surface area contributed by atoms with Gasteiger partial charge in [0.05, 0.1) is 12.5 Å². The molecule has 9 heteroatoms. The van der Waals surface area contributed by atoms with Crippen LogP contribution in [0.4, 0.5) is 19.3 Å². The number of carbonyl (C=O) groups is 4. The van der Waals surface area contributed by atoms with E-state index in [1.165, 1.54) is 29.2 Å². The van der Waals surface area contributed by atoms with Crippen molar-refractivity contribution >= 4 is 29.2 Å². The number of nitrogens with zero attached hydrogens (tertiary/aromatic N) is 1. The molecule has 2 aromatic carbocycles. The minimum absolute atomic E-state index is 0.0945. The van der Waals surface area contributed by atoms with Gasteiger partial charge in [0.15, 0.2) is 5.78 Å². The Morgan fingerprint density at radius 3 is 2.69 bits per heavy atom. The van der Waals surface area contributed by atoms with Crippen molar-refractivity contribution in [2.24, 2.45) is 0 Å². The van der Waals surface area contributed by atoms with Gasteiger partial charge < -0.3 is 15.5 Å². The molecule has 2 aliphatic rings. The second kappa shape index (κ2) is 8.86. The van der Waals surface area contributed by atoms with Gasteiger partial charge in [-0.05, 0) is 35.7 Å². The Bertz CT molecular complexity index is 1100. The normalized spacial score (nSPS) is 18.2. The van der Waals surface area contributed by atoms with Crippen LogP contribution in [0, 0.1) is 0 Å². The zero-order chi connectivity index (χ0) is 22.8. The Balaban J connectivity index is 1.37. The van der Waals surface area contributed by atoms with Gasteiger partial charge in [-0.15, -0.1) is 0 Å². The summed E-state index contributed by atoms with van der Waals surface area (Å²) in [5.41, 5.74) is 2.00. The molecule has 166 valence electrons. The molecule has 4 rings (SSSR count). The lowest BCUT2D eigenvalue weighted by atomic mass is 9.92. The Labute approximate surface area is 182 Å². The standard InChI is InChI=1S/C23H21F2N3O4/c24-21(25)14-2-1-3-16(9-14)27-23(32)26-11-13-4-5-15-12-28(22(31)18(15)8-13)19-7-6-17(29)10-20(19)30/h1-5,8-9,19,21H,6-7,10-12H2,(H2,26,27,32). The van der Waals surface area contributed by atoms with E-state index in [1.54, 1.807) is 18.2 Å². The largest absolute Gasteiger partial charge is 0.334 e. The van der Waals surface area contributed by atoms with Crippen molar-refractivity contribution < 1.29 is 28.0 Å². The first kappa shape index (κ1) is 21.6. The molecule has 7 nitrogen and oxygen atoms in total. The number of benzene rings is 2. The number of Topliss-reactive ketones (excluding diaryl/α,β-unsaturated/α-hetero) is 2. The molecule has 0 aromatic heterocycles. The molecule has 1 atom stereocenters. The van der Waals surface area contributed by atoms with Crippen molar-refractivity contribution in [3.63, 3.8) is 0 Å². The second-order valence-electron chi connectivity index (χ2n) is 7.89. The van der Waals surface area contributed by atoms with Gasteiger partial charge in [-0.3, -0.25) is 14.4 Å². The summed E-state index contributed by atoms with van der Waals surface area (Å²) in [7, 11) is 0. The number of rotatable bonds is 5. The van der Waals surface area contributed by atoms with Crippen molar-refractivity contribution in [3.8, 4) is 0 Å². The van der Waals surface area contributed by atoms with E-state index in [-0.39, 0.29) is 41.7 Å². The highest BCUT2D eigenvalue weighted by Crippen LogP contribution is 2.29. The first-order valence-electron chi connectivity index (χ1n) is 10.2. The van der Waals surface area contributed by atoms with Crippen LogP contribution in [-0.2, 0) is 22.7 Å². The van der Waals surface area contributed by atoms with Crippen LogP contribution in [0.15, 0.2) is 42.5 Å². The molecule has 1 saturated carbocycles. The van der Waals surface area contributed by atoms with Crippen LogP contribution in [0.2, 0.25) is 0 Å². The van der Waals surface area contributed by atoms with E-state index in [2.05, 4.69) is 10.6 Å². The van der Waals surface area contributed by atoms with E-state index in [1.807, 2.05) is 0 Å². The number of nitrogens with one attached hydrogen (secondary N) is 2. The molecule has 0 radical (unpaired) electrons. The summed E-state index contributed by atoms with van der Waals surface area (Å²) >= 11 is 0. The van der Waals surface area contributed by atoms with Crippen molar-refractivity contribution in [3.05, 3.63) is 64.7 Å². The average Bonchev–Trinajstić information content (AvgIpc) is 3.08. The van der Waals surface area contributed by atoms with Crippen LogP contribution in [0.1, 0.15) is 52.7 Å². The summed E-state index contributed by atoms with van der Waals surface area (Å²) in [5.74, 6) is -0.581. The van der Waals surface area contributed by atoms with E-state index >= 15 is 0 Å². The lowest BCUT2D eigenvalue weighted by Gasteiger charge is -2.29. The fourth-order valence-electron chi connectivity index (χ4n) is 4.03. The molecule has 0 bridgehead atoms. The van der Waals surface area contributed by atoms with Crippen molar-refractivity contribution in [2.45, 2.75) is 44.8 Å². The monoisotopic (exact) mass is 441 g/mol. The van der Waals surface area contributed by atoms with Crippen molar-refractivity contribution in [2.75, 3.05) is 5.32 Å². The minimum atomic E-state index is -2.63. The lowest BCUT2D eigenvalue weighted by Crippen LogP contribution is -2.44. The zero-order valence-electron chi connectivity index (χ0n) is 17.1. The number of carbonyl (C=O) groups excluding carboxylic acids is 4. The molecule has 1 fully saturated rings. The summed E-state index contributed by atoms with van der Waals surface area (Å²) < 4.78 is 25.6. The van der Waals surface area contributed by atoms with Crippen molar-refractivity contribution in [1.82, 2.24) is 10.2 Å². The van der Waals surface area contributed by atoms with Gasteiger partial charge in [0.2, 0.25) is 0 Å². The Hall–Kier alpha value is -3.62. The quantitative estimate of drug-likeness (QED) is 0.694. The number of anilines is 1. The molecule has 1 aliphatic carbocycles. The van der Waals surface area contributed by atoms with Crippen molar-refractivity contribution in [1.29, 1.82) is 0 Å². The van der Waals surface area contributed by atoms with E-state index in [9.17, 15) is 28.0 Å². The molecule has 1 heterocycles. The first-order valence-corrected chi connectivity index (χ1v) is 10.2. The third-order valence-electron chi connectivity index (χ3n) is 5.67. The van der Waals surface area contributed by atoms with Gasteiger partial charge in [0.1, 0.15) is 5.78 Å². The number of hydrogen-bond donors (Lipinski definition) is 2. The fraction of sp³-hybridized carbons (Fsp3) is 0.304. The van der Waals surface area contributed by atoms with E-state index in [4.69, 9.17) is 0 Å². The number of halogens is 2. The highest BCUT2D eigenvalue weighted by Gasteiger charge is 2.38. The molecular weight excluding hydrogens is 420 g/mol. The maximum atomic E-state index is 12.9. The highest BCUT2D eigenvalue weighted by molar-refractivity contribution is 6.07. The van der Waals surface area contributed by atoms with E-state index in [0.29, 0.717) is 30.5 Å². The zero-order valence-corrected chi connectivity index (χ0v) is 17.1. The minimum Gasteiger partial charge on any atom is -0.334 e. The van der Waals surface area contributed by atoms with Gasteiger partial charge in [-0.1, -0.05) is 24.3 Å². The molecule has 2 aromatic rings. The predicted molar refractivity (Wildman–Crippen MR) is 111 cm³/mol. The van der Waals surface area contributed by atoms with Gasteiger partial charge in [-0.25, -0.2) is 13.6 Å². The number of urea groups is 1. The van der Waals surface area contributed by atoms with E-state index in [0.717, 1.165) is 5.56 Å². The Morgan fingerprint density at radius 2 is 1.94 bits per heavy atom. The van der Waals surface area contributed by atoms with Crippen LogP contribution >= 0.6 is 0 Å². The molecule has 3 amide bonds. The number of ketones is 2. The van der Waals surface area contributed by atoms with Crippen LogP contribution in [0.5, 0.6) is 0 Å². The van der Waals surface area contributed by atoms with Crippen LogP contribution in [-0.4, -0.2) is 34.4 Å². The van der Waals surface area contributed by atoms with Gasteiger partial charge in [0.25, 0.3) is 12.3 Å². The molecular formula is C23H21F2N3O4. The van der Waals surface area contributed by atoms with Crippen LogP contribution in [0.3, 0.4) is 0 Å². The molecule has 0 spiro atoms. The lowest BCUT2D eigenvalue weighted by molar-refractivity contribution is -0.133. The van der Waals surface area contributed by atoms with Gasteiger partial charge in [-0.2, -0.15) is 0 Å². The first-order chi connectivity index (χ1) is 15.3. The Morgan fingerprint density at radius 1 is 1.12 bits per heavy atom. The summed E-state index contributed by atoms with van der Waals surface area (Å²) in [6.45, 7) is 0.436. The maximum absolute atomic E-state index is 12.9. The average molecular weight is 441 g/mol. The van der Waals surface area contributed by atoms with Crippen LogP contribution < -0.4 is 10.6 Å². The summed E-state index contributed by atoms with van der Waals surface area (Å²) in [6.07, 6.45) is -2.12. The van der Waals surface area contributed by atoms with Gasteiger partial charge in [0, 0.05) is 36.3 Å². The SMILES string of the molecule is O=C1CCC(N2Cc3ccc(CNC(=O)Nc4cccc(C(F)F)c4)cc3C2=O)C(=O)C1. The smallest absolute Gasteiger partial charge is 0.319 e.